The smallest absolute Gasteiger partial charge is 0.243 e. The Hall–Kier alpha value is -2.45. The van der Waals surface area contributed by atoms with Crippen molar-refractivity contribution in [3.05, 3.63) is 53.2 Å². The largest absolute Gasteiger partial charge is 0.481 e. The van der Waals surface area contributed by atoms with E-state index in [1.807, 2.05) is 26.0 Å². The number of aryl methyl sites for hydroxylation is 2. The predicted octanol–water partition coefficient (Wildman–Crippen LogP) is 2.42. The predicted molar refractivity (Wildman–Crippen MR) is 110 cm³/mol. The van der Waals surface area contributed by atoms with E-state index in [0.717, 1.165) is 16.7 Å². The van der Waals surface area contributed by atoms with Gasteiger partial charge in [-0.25, -0.2) is 13.4 Å². The Morgan fingerprint density at radius 2 is 1.90 bits per heavy atom. The van der Waals surface area contributed by atoms with Gasteiger partial charge in [0.15, 0.2) is 0 Å². The minimum atomic E-state index is -3.53. The fourth-order valence-corrected chi connectivity index (χ4v) is 4.94. The molecule has 7 nitrogen and oxygen atoms in total. The lowest BCUT2D eigenvalue weighted by Gasteiger charge is -2.30. The molecule has 1 N–H and O–H groups in total. The third kappa shape index (κ3) is 4.94. The van der Waals surface area contributed by atoms with Gasteiger partial charge in [-0.1, -0.05) is 6.07 Å². The Kier molecular flexibility index (Phi) is 6.54. The molecule has 2 heterocycles. The molecule has 1 fully saturated rings. The van der Waals surface area contributed by atoms with E-state index in [4.69, 9.17) is 4.74 Å². The lowest BCUT2D eigenvalue weighted by molar-refractivity contribution is -0.126. The maximum absolute atomic E-state index is 12.9. The van der Waals surface area contributed by atoms with Crippen molar-refractivity contribution in [3.8, 4) is 5.88 Å². The van der Waals surface area contributed by atoms with E-state index in [1.165, 1.54) is 4.31 Å². The number of methoxy groups -OCH3 is 1. The highest BCUT2D eigenvalue weighted by Gasteiger charge is 2.32. The molecule has 0 aliphatic carbocycles. The highest BCUT2D eigenvalue weighted by atomic mass is 32.2. The second-order valence-electron chi connectivity index (χ2n) is 7.35. The highest BCUT2D eigenvalue weighted by Crippen LogP contribution is 2.25. The zero-order valence-electron chi connectivity index (χ0n) is 17.0. The number of hydrogen-bond donors (Lipinski definition) is 1. The number of ether oxygens (including phenoxy) is 1. The van der Waals surface area contributed by atoms with Crippen molar-refractivity contribution in [2.75, 3.05) is 20.2 Å². The first-order valence-corrected chi connectivity index (χ1v) is 11.1. The van der Waals surface area contributed by atoms with Crippen LogP contribution in [0.2, 0.25) is 0 Å². The number of aromatic nitrogens is 1. The van der Waals surface area contributed by atoms with Crippen LogP contribution in [-0.4, -0.2) is 43.8 Å². The lowest BCUT2D eigenvalue weighted by atomic mass is 9.97. The Morgan fingerprint density at radius 1 is 1.17 bits per heavy atom. The molecule has 1 aliphatic heterocycles. The van der Waals surface area contributed by atoms with E-state index in [1.54, 1.807) is 31.5 Å². The molecule has 0 unspecified atom stereocenters. The summed E-state index contributed by atoms with van der Waals surface area (Å²) in [6.45, 7) is 4.94. The van der Waals surface area contributed by atoms with Crippen molar-refractivity contribution in [2.24, 2.45) is 5.92 Å². The third-order valence-electron chi connectivity index (χ3n) is 5.42. The normalized spacial score (nSPS) is 15.8. The topological polar surface area (TPSA) is 88.6 Å². The average Bonchev–Trinajstić information content (AvgIpc) is 2.74. The number of hydrogen-bond acceptors (Lipinski definition) is 5. The number of carbonyl (C=O) groups excluding carboxylic acids is 1. The molecule has 1 aromatic carbocycles. The zero-order valence-corrected chi connectivity index (χ0v) is 17.8. The van der Waals surface area contributed by atoms with Crippen LogP contribution in [0.5, 0.6) is 5.88 Å². The molecule has 0 atom stereocenters. The first-order chi connectivity index (χ1) is 13.8. The summed E-state index contributed by atoms with van der Waals surface area (Å²) >= 11 is 0. The number of nitrogens with zero attached hydrogens (tertiary/aromatic N) is 2. The van der Waals surface area contributed by atoms with Crippen LogP contribution in [0.15, 0.2) is 41.4 Å². The molecular weight excluding hydrogens is 390 g/mol. The van der Waals surface area contributed by atoms with Gasteiger partial charge >= 0.3 is 0 Å². The van der Waals surface area contributed by atoms with E-state index in [-0.39, 0.29) is 11.8 Å². The molecule has 2 aromatic rings. The van der Waals surface area contributed by atoms with Crippen molar-refractivity contribution in [1.29, 1.82) is 0 Å². The molecule has 0 bridgehead atoms. The summed E-state index contributed by atoms with van der Waals surface area (Å²) in [4.78, 5) is 16.9. The zero-order chi connectivity index (χ0) is 21.0. The average molecular weight is 418 g/mol. The summed E-state index contributed by atoms with van der Waals surface area (Å²) in [6.07, 6.45) is 2.65. The van der Waals surface area contributed by atoms with Crippen LogP contribution in [0.1, 0.15) is 29.5 Å². The monoisotopic (exact) mass is 417 g/mol. The minimum absolute atomic E-state index is 0.0518. The van der Waals surface area contributed by atoms with Gasteiger partial charge in [0.2, 0.25) is 21.8 Å². The van der Waals surface area contributed by atoms with Gasteiger partial charge in [0, 0.05) is 37.8 Å². The lowest BCUT2D eigenvalue weighted by Crippen LogP contribution is -2.42. The number of rotatable bonds is 6. The highest BCUT2D eigenvalue weighted by molar-refractivity contribution is 7.89. The maximum atomic E-state index is 12.9. The van der Waals surface area contributed by atoms with E-state index in [0.29, 0.717) is 43.3 Å². The van der Waals surface area contributed by atoms with Crippen LogP contribution in [-0.2, 0) is 21.4 Å². The number of nitrogens with one attached hydrogen (secondary N) is 1. The number of pyridine rings is 1. The van der Waals surface area contributed by atoms with Crippen molar-refractivity contribution < 1.29 is 17.9 Å². The first kappa shape index (κ1) is 21.3. The van der Waals surface area contributed by atoms with Crippen LogP contribution in [0.3, 0.4) is 0 Å². The van der Waals surface area contributed by atoms with Crippen molar-refractivity contribution in [2.45, 2.75) is 38.1 Å². The summed E-state index contributed by atoms with van der Waals surface area (Å²) in [5.41, 5.74) is 2.92. The van der Waals surface area contributed by atoms with Crippen LogP contribution in [0, 0.1) is 19.8 Å². The quantitative estimate of drug-likeness (QED) is 0.780. The molecular formula is C21H27N3O4S. The summed E-state index contributed by atoms with van der Waals surface area (Å²) in [5.74, 6) is 0.260. The third-order valence-corrected chi connectivity index (χ3v) is 7.31. The second kappa shape index (κ2) is 8.92. The number of benzene rings is 1. The van der Waals surface area contributed by atoms with Crippen molar-refractivity contribution in [3.63, 3.8) is 0 Å². The van der Waals surface area contributed by atoms with Gasteiger partial charge in [0.05, 0.1) is 12.0 Å². The van der Waals surface area contributed by atoms with Crippen LogP contribution in [0.4, 0.5) is 0 Å². The van der Waals surface area contributed by atoms with Gasteiger partial charge in [-0.2, -0.15) is 4.31 Å². The van der Waals surface area contributed by atoms with Gasteiger partial charge < -0.3 is 10.1 Å². The fraction of sp³-hybridized carbons (Fsp3) is 0.429. The second-order valence-corrected chi connectivity index (χ2v) is 9.29. The number of amides is 1. The summed E-state index contributed by atoms with van der Waals surface area (Å²) < 4.78 is 32.4. The van der Waals surface area contributed by atoms with Crippen LogP contribution >= 0.6 is 0 Å². The van der Waals surface area contributed by atoms with Gasteiger partial charge in [0.25, 0.3) is 0 Å². The van der Waals surface area contributed by atoms with Gasteiger partial charge in [-0.15, -0.1) is 0 Å². The number of piperidine rings is 1. The summed E-state index contributed by atoms with van der Waals surface area (Å²) in [6, 6.07) is 8.79. The minimum Gasteiger partial charge on any atom is -0.481 e. The van der Waals surface area contributed by atoms with Gasteiger partial charge in [-0.05, 0) is 61.6 Å². The molecule has 3 rings (SSSR count). The van der Waals surface area contributed by atoms with Crippen molar-refractivity contribution in [1.82, 2.24) is 14.6 Å². The molecule has 1 amide bonds. The number of carbonyl (C=O) groups is 1. The molecule has 1 saturated heterocycles. The fourth-order valence-electron chi connectivity index (χ4n) is 3.39. The molecule has 1 aliphatic rings. The van der Waals surface area contributed by atoms with E-state index < -0.39 is 10.0 Å². The Bertz CT molecular complexity index is 983. The maximum Gasteiger partial charge on any atom is 0.243 e. The molecule has 1 aromatic heterocycles. The molecule has 0 saturated carbocycles. The van der Waals surface area contributed by atoms with E-state index in [2.05, 4.69) is 10.3 Å². The first-order valence-electron chi connectivity index (χ1n) is 9.65. The number of sulfonamides is 1. The van der Waals surface area contributed by atoms with Crippen molar-refractivity contribution >= 4 is 15.9 Å². The Labute approximate surface area is 172 Å². The summed E-state index contributed by atoms with van der Waals surface area (Å²) in [7, 11) is -1.99. The van der Waals surface area contributed by atoms with Gasteiger partial charge in [0.1, 0.15) is 0 Å². The standard InChI is InChI=1S/C21H27N3O4S/c1-15-4-5-19(12-16(15)2)29(26,27)24-10-7-18(8-11-24)21(25)23-14-17-6-9-22-20(13-17)28-3/h4-6,9,12-13,18H,7-8,10-11,14H2,1-3H3,(H,23,25). The van der Waals surface area contributed by atoms with Gasteiger partial charge in [-0.3, -0.25) is 4.79 Å². The van der Waals surface area contributed by atoms with E-state index in [9.17, 15) is 13.2 Å². The molecule has 0 spiro atoms. The SMILES string of the molecule is COc1cc(CNC(=O)C2CCN(S(=O)(=O)c3ccc(C)c(C)c3)CC2)ccn1. The van der Waals surface area contributed by atoms with E-state index >= 15 is 0 Å². The summed E-state index contributed by atoms with van der Waals surface area (Å²) in [5, 5.41) is 2.93. The molecule has 0 radical (unpaired) electrons. The molecule has 8 heteroatoms. The molecule has 156 valence electrons. The molecule has 29 heavy (non-hydrogen) atoms. The van der Waals surface area contributed by atoms with Crippen LogP contribution in [0.25, 0.3) is 0 Å². The Morgan fingerprint density at radius 3 is 2.55 bits per heavy atom. The Balaban J connectivity index is 1.56. The van der Waals surface area contributed by atoms with Crippen LogP contribution < -0.4 is 10.1 Å².